The highest BCUT2D eigenvalue weighted by atomic mass is 16.4. The molecule has 1 aliphatic heterocycles. The zero-order valence-corrected chi connectivity index (χ0v) is 17.4. The van der Waals surface area contributed by atoms with E-state index >= 15 is 0 Å². The maximum Gasteiger partial charge on any atom is 0.325 e. The number of aliphatic carboxylic acids is 1. The molecule has 11 heteroatoms. The minimum absolute atomic E-state index is 0.272. The quantitative estimate of drug-likeness (QED) is 0.340. The van der Waals surface area contributed by atoms with E-state index < -0.39 is 42.0 Å². The van der Waals surface area contributed by atoms with Crippen molar-refractivity contribution in [3.63, 3.8) is 0 Å². The average Bonchev–Trinajstić information content (AvgIpc) is 3.36. The number of carboxylic acids is 1. The van der Waals surface area contributed by atoms with Crippen molar-refractivity contribution in [2.24, 2.45) is 11.7 Å². The Hall–Kier alpha value is -2.95. The zero-order chi connectivity index (χ0) is 22.4. The number of likely N-dealkylation sites (tertiary alicyclic amines) is 1. The molecule has 0 radical (unpaired) electrons. The number of H-pyrrole nitrogens is 1. The smallest absolute Gasteiger partial charge is 0.325 e. The predicted molar refractivity (Wildman–Crippen MR) is 107 cm³/mol. The number of hydrogen-bond donors (Lipinski definition) is 5. The van der Waals surface area contributed by atoms with Crippen LogP contribution in [0.25, 0.3) is 0 Å². The third kappa shape index (κ3) is 5.78. The number of amides is 3. The molecule has 0 spiro atoms. The Morgan fingerprint density at radius 3 is 2.57 bits per heavy atom. The minimum atomic E-state index is -1.17. The fraction of sp³-hybridized carbons (Fsp3) is 0.632. The van der Waals surface area contributed by atoms with E-state index in [9.17, 15) is 19.2 Å². The number of aromatic amines is 1. The SMILES string of the molecule is CC(NC(=O)C(NC(=O)C1CCCN1C(=O)C(N)Cc1cnc[nH]1)C(C)C)C(=O)O. The number of aromatic nitrogens is 2. The molecule has 2 rings (SSSR count). The average molecular weight is 422 g/mol. The molecule has 1 aromatic heterocycles. The molecule has 1 saturated heterocycles. The number of imidazole rings is 1. The van der Waals surface area contributed by atoms with Gasteiger partial charge in [-0.25, -0.2) is 4.98 Å². The summed E-state index contributed by atoms with van der Waals surface area (Å²) < 4.78 is 0. The van der Waals surface area contributed by atoms with Crippen LogP contribution in [-0.2, 0) is 25.6 Å². The molecule has 2 heterocycles. The summed E-state index contributed by atoms with van der Waals surface area (Å²) in [4.78, 5) is 57.4. The van der Waals surface area contributed by atoms with Gasteiger partial charge in [0.1, 0.15) is 18.1 Å². The van der Waals surface area contributed by atoms with Crippen molar-refractivity contribution in [2.45, 2.75) is 64.2 Å². The second-order valence-corrected chi connectivity index (χ2v) is 7.88. The van der Waals surface area contributed by atoms with Gasteiger partial charge in [0, 0.05) is 24.9 Å². The summed E-state index contributed by atoms with van der Waals surface area (Å²) in [7, 11) is 0. The molecule has 3 amide bonds. The molecule has 0 aromatic carbocycles. The third-order valence-electron chi connectivity index (χ3n) is 5.13. The Morgan fingerprint density at radius 1 is 1.30 bits per heavy atom. The van der Waals surface area contributed by atoms with Gasteiger partial charge in [-0.15, -0.1) is 0 Å². The Bertz CT molecular complexity index is 765. The van der Waals surface area contributed by atoms with Gasteiger partial charge in [0.05, 0.1) is 12.4 Å². The summed E-state index contributed by atoms with van der Waals surface area (Å²) >= 11 is 0. The second kappa shape index (κ2) is 10.2. The van der Waals surface area contributed by atoms with E-state index in [1.54, 1.807) is 20.0 Å². The van der Waals surface area contributed by atoms with Gasteiger partial charge in [0.2, 0.25) is 17.7 Å². The van der Waals surface area contributed by atoms with Gasteiger partial charge in [-0.3, -0.25) is 19.2 Å². The van der Waals surface area contributed by atoms with Crippen LogP contribution in [0.1, 0.15) is 39.3 Å². The van der Waals surface area contributed by atoms with Crippen molar-refractivity contribution in [3.8, 4) is 0 Å². The highest BCUT2D eigenvalue weighted by Crippen LogP contribution is 2.19. The molecule has 4 atom stereocenters. The van der Waals surface area contributed by atoms with Crippen molar-refractivity contribution < 1.29 is 24.3 Å². The number of nitrogens with zero attached hydrogens (tertiary/aromatic N) is 2. The molecule has 1 fully saturated rings. The number of carbonyl (C=O) groups is 4. The lowest BCUT2D eigenvalue weighted by Crippen LogP contribution is -2.57. The summed E-state index contributed by atoms with van der Waals surface area (Å²) in [6.45, 7) is 5.24. The number of carbonyl (C=O) groups excluding carboxylic acids is 3. The number of nitrogens with two attached hydrogens (primary N) is 1. The van der Waals surface area contributed by atoms with Gasteiger partial charge in [0.15, 0.2) is 0 Å². The van der Waals surface area contributed by atoms with Crippen molar-refractivity contribution in [2.75, 3.05) is 6.54 Å². The van der Waals surface area contributed by atoms with E-state index in [0.717, 1.165) is 5.69 Å². The van der Waals surface area contributed by atoms with Gasteiger partial charge < -0.3 is 31.4 Å². The highest BCUT2D eigenvalue weighted by molar-refractivity contribution is 5.94. The summed E-state index contributed by atoms with van der Waals surface area (Å²) in [5.74, 6) is -2.82. The topological polar surface area (TPSA) is 171 Å². The lowest BCUT2D eigenvalue weighted by atomic mass is 10.0. The standard InChI is InChI=1S/C19H30N6O5/c1-10(2)15(17(27)23-11(3)19(29)30)24-16(26)14-5-4-6-25(14)18(28)13(20)7-12-8-21-9-22-12/h8-11,13-15H,4-7,20H2,1-3H3,(H,21,22)(H,23,27)(H,24,26)(H,29,30). The normalized spacial score (nSPS) is 19.2. The van der Waals surface area contributed by atoms with Crippen molar-refractivity contribution >= 4 is 23.7 Å². The van der Waals surface area contributed by atoms with Crippen molar-refractivity contribution in [3.05, 3.63) is 18.2 Å². The molecule has 0 aliphatic carbocycles. The van der Waals surface area contributed by atoms with Crippen LogP contribution in [0, 0.1) is 5.92 Å². The van der Waals surface area contributed by atoms with Crippen LogP contribution in [-0.4, -0.2) is 74.4 Å². The number of rotatable bonds is 9. The summed E-state index contributed by atoms with van der Waals surface area (Å²) in [5, 5.41) is 14.0. The molecular formula is C19H30N6O5. The monoisotopic (exact) mass is 422 g/mol. The van der Waals surface area contributed by atoms with Gasteiger partial charge in [-0.1, -0.05) is 13.8 Å². The largest absolute Gasteiger partial charge is 0.480 e. The Labute approximate surface area is 174 Å². The first-order chi connectivity index (χ1) is 14.1. The third-order valence-corrected chi connectivity index (χ3v) is 5.13. The molecule has 11 nitrogen and oxygen atoms in total. The van der Waals surface area contributed by atoms with Gasteiger partial charge >= 0.3 is 5.97 Å². The highest BCUT2D eigenvalue weighted by Gasteiger charge is 2.38. The van der Waals surface area contributed by atoms with E-state index in [2.05, 4.69) is 20.6 Å². The van der Waals surface area contributed by atoms with Crippen LogP contribution in [0.5, 0.6) is 0 Å². The number of carboxylic acid groups (broad SMARTS) is 1. The van der Waals surface area contributed by atoms with Crippen LogP contribution < -0.4 is 16.4 Å². The molecule has 4 unspecified atom stereocenters. The molecule has 1 aromatic rings. The fourth-order valence-corrected chi connectivity index (χ4v) is 3.39. The molecule has 0 saturated carbocycles. The first-order valence-corrected chi connectivity index (χ1v) is 9.98. The Kier molecular flexibility index (Phi) is 7.93. The fourth-order valence-electron chi connectivity index (χ4n) is 3.39. The summed E-state index contributed by atoms with van der Waals surface area (Å²) in [6.07, 6.45) is 4.47. The van der Waals surface area contributed by atoms with E-state index in [0.29, 0.717) is 19.4 Å². The van der Waals surface area contributed by atoms with E-state index in [1.165, 1.54) is 18.2 Å². The lowest BCUT2D eigenvalue weighted by molar-refractivity contribution is -0.143. The van der Waals surface area contributed by atoms with Gasteiger partial charge in [-0.05, 0) is 25.7 Å². The summed E-state index contributed by atoms with van der Waals surface area (Å²) in [5.41, 5.74) is 6.76. The summed E-state index contributed by atoms with van der Waals surface area (Å²) in [6, 6.07) is -3.55. The van der Waals surface area contributed by atoms with E-state index in [1.807, 2.05) is 0 Å². The van der Waals surface area contributed by atoms with Crippen molar-refractivity contribution in [1.82, 2.24) is 25.5 Å². The molecule has 1 aliphatic rings. The lowest BCUT2D eigenvalue weighted by Gasteiger charge is -2.29. The van der Waals surface area contributed by atoms with Crippen LogP contribution in [0.4, 0.5) is 0 Å². The number of nitrogens with one attached hydrogen (secondary N) is 3. The maximum absolute atomic E-state index is 12.9. The Morgan fingerprint density at radius 2 is 2.00 bits per heavy atom. The second-order valence-electron chi connectivity index (χ2n) is 7.88. The molecule has 6 N–H and O–H groups in total. The molecule has 30 heavy (non-hydrogen) atoms. The van der Waals surface area contributed by atoms with Gasteiger partial charge in [0.25, 0.3) is 0 Å². The van der Waals surface area contributed by atoms with Crippen LogP contribution in [0.2, 0.25) is 0 Å². The minimum Gasteiger partial charge on any atom is -0.480 e. The molecule has 166 valence electrons. The number of hydrogen-bond acceptors (Lipinski definition) is 6. The van der Waals surface area contributed by atoms with Crippen molar-refractivity contribution in [1.29, 1.82) is 0 Å². The first kappa shape index (κ1) is 23.3. The van der Waals surface area contributed by atoms with Crippen LogP contribution >= 0.6 is 0 Å². The van der Waals surface area contributed by atoms with E-state index in [4.69, 9.17) is 10.8 Å². The van der Waals surface area contributed by atoms with Gasteiger partial charge in [-0.2, -0.15) is 0 Å². The molecular weight excluding hydrogens is 392 g/mol. The molecule has 0 bridgehead atoms. The maximum atomic E-state index is 12.9. The first-order valence-electron chi connectivity index (χ1n) is 9.98. The van der Waals surface area contributed by atoms with Crippen LogP contribution in [0.15, 0.2) is 12.5 Å². The van der Waals surface area contributed by atoms with E-state index in [-0.39, 0.29) is 18.2 Å². The van der Waals surface area contributed by atoms with Crippen LogP contribution in [0.3, 0.4) is 0 Å². The predicted octanol–water partition coefficient (Wildman–Crippen LogP) is -0.999. The zero-order valence-electron chi connectivity index (χ0n) is 17.4. The Balaban J connectivity index is 2.03.